The molecule has 0 aliphatic carbocycles. The van der Waals surface area contributed by atoms with E-state index >= 15 is 0 Å². The highest BCUT2D eigenvalue weighted by atomic mass is 79.9. The second-order valence-electron chi connectivity index (χ2n) is 4.18. The van der Waals surface area contributed by atoms with E-state index < -0.39 is 0 Å². The van der Waals surface area contributed by atoms with Crippen molar-refractivity contribution in [2.24, 2.45) is 0 Å². The Balaban J connectivity index is 2.37. The van der Waals surface area contributed by atoms with Crippen molar-refractivity contribution in [1.82, 2.24) is 0 Å². The summed E-state index contributed by atoms with van der Waals surface area (Å²) >= 11 is 3.45. The van der Waals surface area contributed by atoms with E-state index in [1.807, 2.05) is 12.1 Å². The van der Waals surface area contributed by atoms with Crippen LogP contribution in [0.5, 0.6) is 5.75 Å². The number of hydrogen-bond acceptors (Lipinski definition) is 2. The maximum atomic E-state index is 5.92. The average molecular weight is 256 g/mol. The van der Waals surface area contributed by atoms with Gasteiger partial charge in [0.2, 0.25) is 0 Å². The first kappa shape index (κ1) is 9.84. The van der Waals surface area contributed by atoms with Crippen LogP contribution in [0.1, 0.15) is 20.3 Å². The third-order valence-corrected chi connectivity index (χ3v) is 2.86. The monoisotopic (exact) mass is 255 g/mol. The fourth-order valence-corrected chi connectivity index (χ4v) is 1.94. The largest absolute Gasteiger partial charge is 0.486 e. The normalized spacial score (nSPS) is 18.8. The lowest BCUT2D eigenvalue weighted by Crippen LogP contribution is -2.28. The van der Waals surface area contributed by atoms with Crippen molar-refractivity contribution in [3.05, 3.63) is 22.7 Å². The summed E-state index contributed by atoms with van der Waals surface area (Å²) in [5.41, 5.74) is 0.997. The number of anilines is 1. The van der Waals surface area contributed by atoms with Gasteiger partial charge in [-0.2, -0.15) is 0 Å². The van der Waals surface area contributed by atoms with E-state index in [-0.39, 0.29) is 5.60 Å². The van der Waals surface area contributed by atoms with Crippen LogP contribution in [0.3, 0.4) is 0 Å². The Kier molecular flexibility index (Phi) is 2.43. The van der Waals surface area contributed by atoms with Crippen molar-refractivity contribution < 1.29 is 4.74 Å². The van der Waals surface area contributed by atoms with Crippen LogP contribution in [0.25, 0.3) is 0 Å². The van der Waals surface area contributed by atoms with Crippen LogP contribution in [-0.4, -0.2) is 12.1 Å². The van der Waals surface area contributed by atoms with E-state index in [0.717, 1.165) is 28.9 Å². The van der Waals surface area contributed by atoms with Crippen LogP contribution in [0, 0.1) is 0 Å². The maximum Gasteiger partial charge on any atom is 0.143 e. The second-order valence-corrected chi connectivity index (χ2v) is 5.09. The number of fused-ring (bicyclic) bond motifs is 1. The highest BCUT2D eigenvalue weighted by molar-refractivity contribution is 9.10. The van der Waals surface area contributed by atoms with Crippen molar-refractivity contribution in [3.63, 3.8) is 0 Å². The lowest BCUT2D eigenvalue weighted by atomic mass is 10.1. The molecule has 14 heavy (non-hydrogen) atoms. The van der Waals surface area contributed by atoms with Crippen molar-refractivity contribution in [2.45, 2.75) is 25.9 Å². The summed E-state index contributed by atoms with van der Waals surface area (Å²) < 4.78 is 6.99. The molecule has 1 aromatic rings. The Hall–Kier alpha value is -0.700. The average Bonchev–Trinajstić information content (AvgIpc) is 2.22. The summed E-state index contributed by atoms with van der Waals surface area (Å²) in [6, 6.07) is 6.05. The predicted molar refractivity (Wildman–Crippen MR) is 62.0 cm³/mol. The van der Waals surface area contributed by atoms with Gasteiger partial charge in [0.15, 0.2) is 0 Å². The molecule has 3 heteroatoms. The van der Waals surface area contributed by atoms with Gasteiger partial charge in [0.1, 0.15) is 11.4 Å². The van der Waals surface area contributed by atoms with Crippen molar-refractivity contribution in [3.8, 4) is 5.75 Å². The quantitative estimate of drug-likeness (QED) is 0.767. The van der Waals surface area contributed by atoms with Gasteiger partial charge in [-0.3, -0.25) is 0 Å². The molecule has 2 rings (SSSR count). The van der Waals surface area contributed by atoms with Gasteiger partial charge in [0, 0.05) is 17.4 Å². The van der Waals surface area contributed by atoms with Gasteiger partial charge in [-0.1, -0.05) is 15.9 Å². The van der Waals surface area contributed by atoms with E-state index in [1.165, 1.54) is 0 Å². The summed E-state index contributed by atoms with van der Waals surface area (Å²) in [5, 5.41) is 3.37. The molecule has 0 spiro atoms. The molecule has 0 aromatic heterocycles. The molecule has 1 aromatic carbocycles. The van der Waals surface area contributed by atoms with Gasteiger partial charge in [-0.15, -0.1) is 0 Å². The van der Waals surface area contributed by atoms with Crippen molar-refractivity contribution in [1.29, 1.82) is 0 Å². The minimum atomic E-state index is -0.0773. The first-order chi connectivity index (χ1) is 6.57. The lowest BCUT2D eigenvalue weighted by Gasteiger charge is -2.23. The fourth-order valence-electron chi connectivity index (χ4n) is 1.58. The van der Waals surface area contributed by atoms with Crippen LogP contribution in [0.15, 0.2) is 22.7 Å². The van der Waals surface area contributed by atoms with E-state index in [2.05, 4.69) is 41.2 Å². The Morgan fingerprint density at radius 1 is 1.43 bits per heavy atom. The van der Waals surface area contributed by atoms with E-state index in [4.69, 9.17) is 4.74 Å². The highest BCUT2D eigenvalue weighted by Gasteiger charge is 2.23. The molecule has 76 valence electrons. The highest BCUT2D eigenvalue weighted by Crippen LogP contribution is 2.34. The first-order valence-corrected chi connectivity index (χ1v) is 5.59. The summed E-state index contributed by atoms with van der Waals surface area (Å²) in [6.07, 6.45) is 1.01. The zero-order valence-corrected chi connectivity index (χ0v) is 10.0. The van der Waals surface area contributed by atoms with E-state index in [9.17, 15) is 0 Å². The van der Waals surface area contributed by atoms with E-state index in [1.54, 1.807) is 0 Å². The fraction of sp³-hybridized carbons (Fsp3) is 0.455. The van der Waals surface area contributed by atoms with Gasteiger partial charge < -0.3 is 10.1 Å². The molecule has 1 aliphatic rings. The van der Waals surface area contributed by atoms with Crippen LogP contribution >= 0.6 is 15.9 Å². The molecule has 0 saturated heterocycles. The molecule has 0 radical (unpaired) electrons. The smallest absolute Gasteiger partial charge is 0.143 e. The molecule has 0 atom stereocenters. The minimum absolute atomic E-state index is 0.0773. The Bertz CT molecular complexity index is 349. The van der Waals surface area contributed by atoms with Gasteiger partial charge in [0.05, 0.1) is 5.69 Å². The molecular formula is C11H14BrNO. The van der Waals surface area contributed by atoms with Gasteiger partial charge in [0.25, 0.3) is 0 Å². The van der Waals surface area contributed by atoms with Gasteiger partial charge in [-0.25, -0.2) is 0 Å². The Morgan fingerprint density at radius 2 is 2.21 bits per heavy atom. The molecule has 2 nitrogen and oxygen atoms in total. The number of ether oxygens (including phenoxy) is 1. The number of benzene rings is 1. The number of hydrogen-bond donors (Lipinski definition) is 1. The van der Waals surface area contributed by atoms with Crippen LogP contribution in [-0.2, 0) is 0 Å². The SMILES string of the molecule is CC1(C)CCNc2cc(Br)ccc2O1. The molecule has 0 unspecified atom stereocenters. The molecule has 1 N–H and O–H groups in total. The maximum absolute atomic E-state index is 5.92. The van der Waals surface area contributed by atoms with E-state index in [0.29, 0.717) is 0 Å². The van der Waals surface area contributed by atoms with Gasteiger partial charge >= 0.3 is 0 Å². The number of nitrogens with one attached hydrogen (secondary N) is 1. The summed E-state index contributed by atoms with van der Waals surface area (Å²) in [5.74, 6) is 0.940. The van der Waals surface area contributed by atoms with Crippen molar-refractivity contribution in [2.75, 3.05) is 11.9 Å². The zero-order valence-electron chi connectivity index (χ0n) is 8.43. The van der Waals surface area contributed by atoms with Crippen LogP contribution in [0.2, 0.25) is 0 Å². The predicted octanol–water partition coefficient (Wildman–Crippen LogP) is 3.42. The standard InChI is InChI=1S/C11H14BrNO/c1-11(2)5-6-13-9-7-8(12)3-4-10(9)14-11/h3-4,7,13H,5-6H2,1-2H3. The molecule has 0 fully saturated rings. The summed E-state index contributed by atoms with van der Waals surface area (Å²) in [4.78, 5) is 0. The minimum Gasteiger partial charge on any atom is -0.486 e. The third-order valence-electron chi connectivity index (χ3n) is 2.37. The van der Waals surface area contributed by atoms with Gasteiger partial charge in [-0.05, 0) is 32.0 Å². The first-order valence-electron chi connectivity index (χ1n) is 4.79. The van der Waals surface area contributed by atoms with Crippen LogP contribution < -0.4 is 10.1 Å². The topological polar surface area (TPSA) is 21.3 Å². The molecule has 0 bridgehead atoms. The molecule has 0 saturated carbocycles. The number of rotatable bonds is 0. The lowest BCUT2D eigenvalue weighted by molar-refractivity contribution is 0.108. The molecule has 1 aliphatic heterocycles. The summed E-state index contributed by atoms with van der Waals surface area (Å²) in [7, 11) is 0. The third kappa shape index (κ3) is 2.03. The Labute approximate surface area is 92.8 Å². The second kappa shape index (κ2) is 3.46. The van der Waals surface area contributed by atoms with Crippen LogP contribution in [0.4, 0.5) is 5.69 Å². The summed E-state index contributed by atoms with van der Waals surface area (Å²) in [6.45, 7) is 5.19. The molecular weight excluding hydrogens is 242 g/mol. The number of halogens is 1. The Morgan fingerprint density at radius 3 is 3.00 bits per heavy atom. The molecule has 1 heterocycles. The molecule has 0 amide bonds. The van der Waals surface area contributed by atoms with Crippen molar-refractivity contribution >= 4 is 21.6 Å². The zero-order chi connectivity index (χ0) is 10.2.